The Labute approximate surface area is 187 Å². The summed E-state index contributed by atoms with van der Waals surface area (Å²) in [6.07, 6.45) is 13.5. The lowest BCUT2D eigenvalue weighted by molar-refractivity contribution is 0.0953. The van der Waals surface area contributed by atoms with Gasteiger partial charge < -0.3 is 9.73 Å². The molecule has 0 radical (unpaired) electrons. The van der Waals surface area contributed by atoms with E-state index < -0.39 is 0 Å². The Hall–Kier alpha value is -2.55. The molecule has 0 unspecified atom stereocenters. The Morgan fingerprint density at radius 3 is 2.77 bits per heavy atom. The van der Waals surface area contributed by atoms with Crippen LogP contribution in [0.15, 0.2) is 57.6 Å². The Kier molecular flexibility index (Phi) is 7.59. The number of amides is 1. The Balaban J connectivity index is 1.72. The minimum Gasteiger partial charge on any atom is -0.457 e. The summed E-state index contributed by atoms with van der Waals surface area (Å²) >= 11 is 0. The molecule has 166 valence electrons. The van der Waals surface area contributed by atoms with Gasteiger partial charge in [0.25, 0.3) is 5.91 Å². The molecule has 1 aliphatic carbocycles. The third-order valence-electron chi connectivity index (χ3n) is 6.29. The number of unbranched alkanes of at least 4 members (excludes halogenated alkanes) is 2. The predicted molar refractivity (Wildman–Crippen MR) is 131 cm³/mol. The standard InChI is InChI=1S/C28H37NO2/c1-6-7-8-16-29-27(30)23-13-12-22-18-24(31-26(22)19-23)17-20(2)11-14-25-21(3)10-9-15-28(25,4)5/h11-14,17-19H,6-10,15-16H2,1-5H3,(H,29,30)/b14-11?,20-17+. The maximum absolute atomic E-state index is 12.4. The first kappa shape index (κ1) is 23.1. The number of carbonyl (C=O) groups is 1. The van der Waals surface area contributed by atoms with E-state index in [0.717, 1.165) is 48.1 Å². The molecular weight excluding hydrogens is 382 g/mol. The van der Waals surface area contributed by atoms with Gasteiger partial charge >= 0.3 is 0 Å². The maximum atomic E-state index is 12.4. The van der Waals surface area contributed by atoms with E-state index in [0.29, 0.717) is 5.56 Å². The van der Waals surface area contributed by atoms with Crippen molar-refractivity contribution in [2.45, 2.75) is 73.1 Å². The second-order valence-electron chi connectivity index (χ2n) is 9.52. The van der Waals surface area contributed by atoms with Gasteiger partial charge in [0, 0.05) is 17.5 Å². The van der Waals surface area contributed by atoms with Gasteiger partial charge in [-0.05, 0) is 80.4 Å². The molecule has 0 aliphatic heterocycles. The molecular formula is C28H37NO2. The zero-order chi connectivity index (χ0) is 22.4. The van der Waals surface area contributed by atoms with Crippen LogP contribution in [0.5, 0.6) is 0 Å². The lowest BCUT2D eigenvalue weighted by Crippen LogP contribution is -2.24. The fourth-order valence-electron chi connectivity index (χ4n) is 4.44. The summed E-state index contributed by atoms with van der Waals surface area (Å²) in [4.78, 5) is 12.4. The summed E-state index contributed by atoms with van der Waals surface area (Å²) in [6, 6.07) is 7.70. The van der Waals surface area contributed by atoms with Gasteiger partial charge in [0.15, 0.2) is 0 Å². The largest absolute Gasteiger partial charge is 0.457 e. The molecule has 1 N–H and O–H groups in total. The lowest BCUT2D eigenvalue weighted by Gasteiger charge is -2.32. The van der Waals surface area contributed by atoms with E-state index in [2.05, 4.69) is 58.2 Å². The van der Waals surface area contributed by atoms with Crippen LogP contribution < -0.4 is 5.32 Å². The van der Waals surface area contributed by atoms with E-state index in [-0.39, 0.29) is 11.3 Å². The molecule has 3 nitrogen and oxygen atoms in total. The predicted octanol–water partition coefficient (Wildman–Crippen LogP) is 7.84. The molecule has 0 atom stereocenters. The van der Waals surface area contributed by atoms with Crippen LogP contribution in [-0.4, -0.2) is 12.5 Å². The number of nitrogens with one attached hydrogen (secondary N) is 1. The smallest absolute Gasteiger partial charge is 0.251 e. The molecule has 2 aromatic rings. The monoisotopic (exact) mass is 419 g/mol. The Bertz CT molecular complexity index is 1020. The van der Waals surface area contributed by atoms with Crippen molar-refractivity contribution in [3.05, 3.63) is 64.5 Å². The first-order chi connectivity index (χ1) is 14.8. The molecule has 31 heavy (non-hydrogen) atoms. The van der Waals surface area contributed by atoms with Gasteiger partial charge in [-0.1, -0.05) is 57.4 Å². The lowest BCUT2D eigenvalue weighted by atomic mass is 9.72. The fourth-order valence-corrected chi connectivity index (χ4v) is 4.44. The molecule has 0 saturated heterocycles. The number of rotatable bonds is 8. The van der Waals surface area contributed by atoms with Crippen LogP contribution in [-0.2, 0) is 0 Å². The SMILES string of the molecule is CCCCCNC(=O)c1ccc2cc(/C=C(\C)C=CC3=C(C)CCCC3(C)C)oc2c1. The second kappa shape index (κ2) is 10.2. The molecule has 3 rings (SSSR count). The van der Waals surface area contributed by atoms with Crippen LogP contribution in [0.1, 0.15) is 89.3 Å². The van der Waals surface area contributed by atoms with E-state index in [1.54, 1.807) is 0 Å². The Morgan fingerprint density at radius 1 is 1.23 bits per heavy atom. The summed E-state index contributed by atoms with van der Waals surface area (Å²) in [7, 11) is 0. The molecule has 0 fully saturated rings. The zero-order valence-electron chi connectivity index (χ0n) is 19.8. The molecule has 0 saturated carbocycles. The van der Waals surface area contributed by atoms with Gasteiger partial charge in [0.2, 0.25) is 0 Å². The summed E-state index contributed by atoms with van der Waals surface area (Å²) in [5, 5.41) is 4.00. The summed E-state index contributed by atoms with van der Waals surface area (Å²) in [6.45, 7) is 11.9. The summed E-state index contributed by atoms with van der Waals surface area (Å²) < 4.78 is 6.02. The van der Waals surface area contributed by atoms with E-state index in [4.69, 9.17) is 4.42 Å². The molecule has 1 aromatic heterocycles. The quantitative estimate of drug-likeness (QED) is 0.350. The number of furan rings is 1. The highest BCUT2D eigenvalue weighted by atomic mass is 16.3. The van der Waals surface area contributed by atoms with Crippen molar-refractivity contribution < 1.29 is 9.21 Å². The maximum Gasteiger partial charge on any atom is 0.251 e. The van der Waals surface area contributed by atoms with Gasteiger partial charge in [0.05, 0.1) is 0 Å². The Morgan fingerprint density at radius 2 is 2.03 bits per heavy atom. The van der Waals surface area contributed by atoms with Crippen LogP contribution in [0.25, 0.3) is 17.0 Å². The highest BCUT2D eigenvalue weighted by Crippen LogP contribution is 2.40. The molecule has 3 heteroatoms. The second-order valence-corrected chi connectivity index (χ2v) is 9.52. The third-order valence-corrected chi connectivity index (χ3v) is 6.29. The normalized spacial score (nSPS) is 17.0. The highest BCUT2D eigenvalue weighted by molar-refractivity contribution is 5.97. The topological polar surface area (TPSA) is 42.2 Å². The van der Waals surface area contributed by atoms with Gasteiger partial charge in [-0.15, -0.1) is 0 Å². The van der Waals surface area contributed by atoms with Gasteiger partial charge in [-0.3, -0.25) is 4.79 Å². The van der Waals surface area contributed by atoms with Crippen molar-refractivity contribution in [2.75, 3.05) is 6.54 Å². The molecule has 1 aliphatic rings. The third kappa shape index (κ3) is 6.00. The van der Waals surface area contributed by atoms with Crippen LogP contribution in [0.3, 0.4) is 0 Å². The van der Waals surface area contributed by atoms with Crippen molar-refractivity contribution in [3.63, 3.8) is 0 Å². The average Bonchev–Trinajstić information content (AvgIpc) is 3.11. The van der Waals surface area contributed by atoms with Crippen molar-refractivity contribution in [1.29, 1.82) is 0 Å². The number of hydrogen-bond donors (Lipinski definition) is 1. The summed E-state index contributed by atoms with van der Waals surface area (Å²) in [5.41, 5.74) is 5.75. The average molecular weight is 420 g/mol. The highest BCUT2D eigenvalue weighted by Gasteiger charge is 2.26. The molecule has 1 aromatic carbocycles. The van der Waals surface area contributed by atoms with Crippen molar-refractivity contribution in [3.8, 4) is 0 Å². The minimum absolute atomic E-state index is 0.0376. The van der Waals surface area contributed by atoms with Crippen LogP contribution in [0.2, 0.25) is 0 Å². The summed E-state index contributed by atoms with van der Waals surface area (Å²) in [5.74, 6) is 0.774. The van der Waals surface area contributed by atoms with Gasteiger partial charge in [-0.25, -0.2) is 0 Å². The van der Waals surface area contributed by atoms with Crippen molar-refractivity contribution in [2.24, 2.45) is 5.41 Å². The number of allylic oxidation sites excluding steroid dienone is 5. The number of fused-ring (bicyclic) bond motifs is 1. The van der Waals surface area contributed by atoms with Crippen LogP contribution in [0, 0.1) is 5.41 Å². The number of hydrogen-bond acceptors (Lipinski definition) is 2. The van der Waals surface area contributed by atoms with Gasteiger partial charge in [-0.2, -0.15) is 0 Å². The van der Waals surface area contributed by atoms with Crippen LogP contribution in [0.4, 0.5) is 0 Å². The minimum atomic E-state index is -0.0376. The molecule has 0 bridgehead atoms. The molecule has 1 amide bonds. The number of benzene rings is 1. The molecule has 0 spiro atoms. The van der Waals surface area contributed by atoms with E-state index in [1.807, 2.05) is 24.3 Å². The van der Waals surface area contributed by atoms with Gasteiger partial charge in [0.1, 0.15) is 11.3 Å². The first-order valence-electron chi connectivity index (χ1n) is 11.7. The van der Waals surface area contributed by atoms with E-state index >= 15 is 0 Å². The van der Waals surface area contributed by atoms with Crippen molar-refractivity contribution in [1.82, 2.24) is 5.32 Å². The number of carbonyl (C=O) groups excluding carboxylic acids is 1. The zero-order valence-corrected chi connectivity index (χ0v) is 19.8. The van der Waals surface area contributed by atoms with Crippen LogP contribution >= 0.6 is 0 Å². The van der Waals surface area contributed by atoms with E-state index in [1.165, 1.54) is 30.4 Å². The van der Waals surface area contributed by atoms with E-state index in [9.17, 15) is 4.79 Å². The fraction of sp³-hybridized carbons (Fsp3) is 0.464. The van der Waals surface area contributed by atoms with Crippen molar-refractivity contribution >= 4 is 23.0 Å². The first-order valence-corrected chi connectivity index (χ1v) is 11.7. The molecule has 1 heterocycles.